The zero-order valence-electron chi connectivity index (χ0n) is 12.7. The van der Waals surface area contributed by atoms with Crippen LogP contribution in [0.25, 0.3) is 0 Å². The largest absolute Gasteiger partial charge is 0.391 e. The molecule has 0 bridgehead atoms. The minimum Gasteiger partial charge on any atom is -0.391 e. The molecule has 1 rings (SSSR count). The summed E-state index contributed by atoms with van der Waals surface area (Å²) >= 11 is 5.98. The number of halogens is 1. The molecule has 0 aliphatic carbocycles. The molecule has 1 unspecified atom stereocenters. The lowest BCUT2D eigenvalue weighted by Gasteiger charge is -2.25. The third-order valence-electron chi connectivity index (χ3n) is 3.03. The summed E-state index contributed by atoms with van der Waals surface area (Å²) in [5, 5.41) is 15.0. The van der Waals surface area contributed by atoms with Gasteiger partial charge in [0.2, 0.25) is 0 Å². The van der Waals surface area contributed by atoms with Crippen LogP contribution in [0.4, 0.5) is 5.69 Å². The number of hydrogen-bond donors (Lipinski definition) is 3. The van der Waals surface area contributed by atoms with Crippen LogP contribution in [0.2, 0.25) is 5.02 Å². The Hall–Kier alpha value is -1.59. The molecule has 1 aromatic rings. The number of aryl methyl sites for hydroxylation is 1. The van der Waals surface area contributed by atoms with E-state index in [1.54, 1.807) is 18.2 Å². The molecule has 0 fully saturated rings. The second kappa shape index (κ2) is 6.91. The number of rotatable bonds is 3. The first-order chi connectivity index (χ1) is 9.61. The summed E-state index contributed by atoms with van der Waals surface area (Å²) < 4.78 is 0. The minimum absolute atomic E-state index is 0.0113. The van der Waals surface area contributed by atoms with Gasteiger partial charge in [-0.25, -0.2) is 0 Å². The summed E-state index contributed by atoms with van der Waals surface area (Å²) in [5.41, 5.74) is 0.957. The fraction of sp³-hybridized carbons (Fsp3) is 0.467. The third kappa shape index (κ3) is 5.36. The highest BCUT2D eigenvalue weighted by Crippen LogP contribution is 2.22. The van der Waals surface area contributed by atoms with Gasteiger partial charge >= 0.3 is 11.8 Å². The van der Waals surface area contributed by atoms with Crippen LogP contribution in [-0.2, 0) is 9.59 Å². The van der Waals surface area contributed by atoms with Gasteiger partial charge in [0.1, 0.15) is 0 Å². The number of carbonyl (C=O) groups is 2. The molecular weight excluding hydrogens is 292 g/mol. The first kappa shape index (κ1) is 17.5. The highest BCUT2D eigenvalue weighted by molar-refractivity contribution is 6.41. The Bertz CT molecular complexity index is 538. The van der Waals surface area contributed by atoms with Gasteiger partial charge in [-0.1, -0.05) is 38.4 Å². The van der Waals surface area contributed by atoms with Crippen LogP contribution in [0.3, 0.4) is 0 Å². The number of hydrogen-bond acceptors (Lipinski definition) is 3. The second-order valence-corrected chi connectivity index (χ2v) is 6.44. The van der Waals surface area contributed by atoms with Crippen molar-refractivity contribution in [2.75, 3.05) is 11.9 Å². The monoisotopic (exact) mass is 312 g/mol. The first-order valence-corrected chi connectivity index (χ1v) is 7.02. The van der Waals surface area contributed by atoms with Crippen molar-refractivity contribution < 1.29 is 14.7 Å². The predicted octanol–water partition coefficient (Wildman–Crippen LogP) is 2.11. The smallest absolute Gasteiger partial charge is 0.313 e. The Labute approximate surface area is 129 Å². The number of benzene rings is 1. The van der Waals surface area contributed by atoms with Crippen LogP contribution in [0, 0.1) is 12.3 Å². The molecule has 0 aromatic heterocycles. The average Bonchev–Trinajstić information content (AvgIpc) is 2.37. The number of aliphatic hydroxyl groups is 1. The number of aliphatic hydroxyl groups excluding tert-OH is 1. The molecule has 116 valence electrons. The maximum absolute atomic E-state index is 11.7. The molecule has 5 nitrogen and oxygen atoms in total. The molecule has 2 amide bonds. The van der Waals surface area contributed by atoms with Gasteiger partial charge in [-0.15, -0.1) is 0 Å². The Morgan fingerprint density at radius 3 is 2.43 bits per heavy atom. The van der Waals surface area contributed by atoms with E-state index in [1.165, 1.54) is 0 Å². The van der Waals surface area contributed by atoms with Crippen molar-refractivity contribution in [3.05, 3.63) is 28.8 Å². The maximum Gasteiger partial charge on any atom is 0.313 e. The van der Waals surface area contributed by atoms with Crippen molar-refractivity contribution in [3.63, 3.8) is 0 Å². The van der Waals surface area contributed by atoms with E-state index in [9.17, 15) is 14.7 Å². The summed E-state index contributed by atoms with van der Waals surface area (Å²) in [6.45, 7) is 7.41. The molecule has 0 radical (unpaired) electrons. The fourth-order valence-corrected chi connectivity index (χ4v) is 1.76. The minimum atomic E-state index is -0.818. The van der Waals surface area contributed by atoms with E-state index in [1.807, 2.05) is 27.7 Å². The van der Waals surface area contributed by atoms with E-state index < -0.39 is 17.9 Å². The first-order valence-electron chi connectivity index (χ1n) is 6.64. The van der Waals surface area contributed by atoms with Gasteiger partial charge in [0, 0.05) is 6.54 Å². The summed E-state index contributed by atoms with van der Waals surface area (Å²) in [7, 11) is 0. The Kier molecular flexibility index (Phi) is 5.75. The van der Waals surface area contributed by atoms with Gasteiger partial charge in [-0.05, 0) is 30.0 Å². The highest BCUT2D eigenvalue weighted by atomic mass is 35.5. The average molecular weight is 313 g/mol. The summed E-state index contributed by atoms with van der Waals surface area (Å²) in [4.78, 5) is 23.4. The molecular formula is C15H21ClN2O3. The molecule has 0 spiro atoms. The lowest BCUT2D eigenvalue weighted by atomic mass is 9.89. The van der Waals surface area contributed by atoms with Crippen molar-refractivity contribution in [2.24, 2.45) is 5.41 Å². The molecule has 1 atom stereocenters. The highest BCUT2D eigenvalue weighted by Gasteiger charge is 2.24. The van der Waals surface area contributed by atoms with E-state index in [2.05, 4.69) is 10.6 Å². The Balaban J connectivity index is 2.57. The normalized spacial score (nSPS) is 12.7. The summed E-state index contributed by atoms with van der Waals surface area (Å²) in [5.74, 6) is -1.63. The van der Waals surface area contributed by atoms with Crippen molar-refractivity contribution in [3.8, 4) is 0 Å². The molecule has 0 aliphatic rings. The molecule has 21 heavy (non-hydrogen) atoms. The lowest BCUT2D eigenvalue weighted by molar-refractivity contribution is -0.136. The molecule has 0 aliphatic heterocycles. The van der Waals surface area contributed by atoms with E-state index in [-0.39, 0.29) is 12.0 Å². The third-order valence-corrected chi connectivity index (χ3v) is 3.35. The SMILES string of the molecule is Cc1ccc(NC(=O)C(=O)NCC(O)C(C)(C)C)c(Cl)c1. The summed E-state index contributed by atoms with van der Waals surface area (Å²) in [6.07, 6.45) is -0.739. The van der Waals surface area contributed by atoms with Gasteiger partial charge in [0.05, 0.1) is 16.8 Å². The second-order valence-electron chi connectivity index (χ2n) is 6.03. The van der Waals surface area contributed by atoms with Crippen molar-refractivity contribution in [1.29, 1.82) is 0 Å². The van der Waals surface area contributed by atoms with Crippen LogP contribution in [0.5, 0.6) is 0 Å². The van der Waals surface area contributed by atoms with E-state index in [0.29, 0.717) is 10.7 Å². The zero-order valence-corrected chi connectivity index (χ0v) is 13.4. The van der Waals surface area contributed by atoms with Crippen molar-refractivity contribution in [2.45, 2.75) is 33.8 Å². The number of amides is 2. The van der Waals surface area contributed by atoms with Gasteiger partial charge < -0.3 is 15.7 Å². The van der Waals surface area contributed by atoms with Gasteiger partial charge in [0.25, 0.3) is 0 Å². The number of anilines is 1. The summed E-state index contributed by atoms with van der Waals surface area (Å²) in [6, 6.07) is 5.11. The van der Waals surface area contributed by atoms with E-state index in [4.69, 9.17) is 11.6 Å². The van der Waals surface area contributed by atoms with Crippen LogP contribution in [0.15, 0.2) is 18.2 Å². The van der Waals surface area contributed by atoms with E-state index >= 15 is 0 Å². The van der Waals surface area contributed by atoms with Crippen molar-refractivity contribution >= 4 is 29.1 Å². The van der Waals surface area contributed by atoms with Gasteiger partial charge in [-0.2, -0.15) is 0 Å². The Morgan fingerprint density at radius 1 is 1.29 bits per heavy atom. The van der Waals surface area contributed by atoms with E-state index in [0.717, 1.165) is 5.56 Å². The fourth-order valence-electron chi connectivity index (χ4n) is 1.48. The lowest BCUT2D eigenvalue weighted by Crippen LogP contribution is -2.43. The topological polar surface area (TPSA) is 78.4 Å². The van der Waals surface area contributed by atoms with Crippen LogP contribution < -0.4 is 10.6 Å². The molecule has 1 aromatic carbocycles. The maximum atomic E-state index is 11.7. The quantitative estimate of drug-likeness (QED) is 0.748. The van der Waals surface area contributed by atoms with Crippen LogP contribution >= 0.6 is 11.6 Å². The van der Waals surface area contributed by atoms with Gasteiger partial charge in [-0.3, -0.25) is 9.59 Å². The molecule has 6 heteroatoms. The van der Waals surface area contributed by atoms with Crippen LogP contribution in [-0.4, -0.2) is 29.6 Å². The molecule has 0 saturated heterocycles. The molecule has 3 N–H and O–H groups in total. The predicted molar refractivity (Wildman–Crippen MR) is 83.3 cm³/mol. The Morgan fingerprint density at radius 2 is 1.90 bits per heavy atom. The van der Waals surface area contributed by atoms with Crippen LogP contribution in [0.1, 0.15) is 26.3 Å². The number of carbonyl (C=O) groups excluding carboxylic acids is 2. The standard InChI is InChI=1S/C15H21ClN2O3/c1-9-5-6-11(10(16)7-9)18-14(21)13(20)17-8-12(19)15(2,3)4/h5-7,12,19H,8H2,1-4H3,(H,17,20)(H,18,21). The van der Waals surface area contributed by atoms with Gasteiger partial charge in [0.15, 0.2) is 0 Å². The molecule has 0 saturated carbocycles. The zero-order chi connectivity index (χ0) is 16.2. The molecule has 0 heterocycles. The number of nitrogens with one attached hydrogen (secondary N) is 2. The van der Waals surface area contributed by atoms with Crippen molar-refractivity contribution in [1.82, 2.24) is 5.32 Å².